The lowest BCUT2D eigenvalue weighted by molar-refractivity contribution is 0.307. The molecule has 2 aromatic rings. The highest BCUT2D eigenvalue weighted by Gasteiger charge is 2.41. The Balaban J connectivity index is 1.92. The molecule has 1 fully saturated rings. The van der Waals surface area contributed by atoms with Gasteiger partial charge in [0, 0.05) is 11.5 Å². The minimum absolute atomic E-state index is 0.297. The van der Waals surface area contributed by atoms with Crippen LogP contribution in [0.5, 0.6) is 0 Å². The van der Waals surface area contributed by atoms with Crippen molar-refractivity contribution in [2.24, 2.45) is 0 Å². The summed E-state index contributed by atoms with van der Waals surface area (Å²) >= 11 is 0. The van der Waals surface area contributed by atoms with Gasteiger partial charge in [-0.3, -0.25) is 0 Å². The zero-order valence-electron chi connectivity index (χ0n) is 12.9. The molecule has 0 spiro atoms. The maximum absolute atomic E-state index is 3.63. The Kier molecular flexibility index (Phi) is 4.40. The Hall–Kier alpha value is -1.60. The molecule has 21 heavy (non-hydrogen) atoms. The molecule has 0 heterocycles. The van der Waals surface area contributed by atoms with E-state index in [1.807, 2.05) is 0 Å². The third-order valence-electron chi connectivity index (χ3n) is 5.14. The van der Waals surface area contributed by atoms with Crippen LogP contribution in [-0.4, -0.2) is 13.1 Å². The molecule has 1 N–H and O–H groups in total. The van der Waals surface area contributed by atoms with Gasteiger partial charge in [0.15, 0.2) is 0 Å². The van der Waals surface area contributed by atoms with Crippen molar-refractivity contribution in [3.8, 4) is 0 Å². The van der Waals surface area contributed by atoms with E-state index in [9.17, 15) is 0 Å². The van der Waals surface area contributed by atoms with Gasteiger partial charge >= 0.3 is 0 Å². The average Bonchev–Trinajstić information content (AvgIpc) is 3.05. The summed E-state index contributed by atoms with van der Waals surface area (Å²) in [7, 11) is 2.12. The van der Waals surface area contributed by atoms with Crippen LogP contribution in [0, 0.1) is 0 Å². The maximum atomic E-state index is 3.63. The molecule has 0 aromatic heterocycles. The lowest BCUT2D eigenvalue weighted by Crippen LogP contribution is -2.47. The van der Waals surface area contributed by atoms with Gasteiger partial charge in [0.2, 0.25) is 0 Å². The van der Waals surface area contributed by atoms with Gasteiger partial charge in [-0.25, -0.2) is 0 Å². The van der Waals surface area contributed by atoms with Crippen LogP contribution in [0.3, 0.4) is 0 Å². The fraction of sp³-hybridized carbons (Fsp3) is 0.400. The van der Waals surface area contributed by atoms with E-state index in [4.69, 9.17) is 0 Å². The van der Waals surface area contributed by atoms with Gasteiger partial charge in [-0.15, -0.1) is 0 Å². The summed E-state index contributed by atoms with van der Waals surface area (Å²) in [5.74, 6) is 0. The van der Waals surface area contributed by atoms with E-state index in [0.717, 1.165) is 6.42 Å². The molecular formula is C20H25N. The first kappa shape index (κ1) is 14.3. The third kappa shape index (κ3) is 2.89. The van der Waals surface area contributed by atoms with Crippen LogP contribution >= 0.6 is 0 Å². The second-order valence-corrected chi connectivity index (χ2v) is 6.26. The number of hydrogen-bond acceptors (Lipinski definition) is 1. The number of benzene rings is 2. The van der Waals surface area contributed by atoms with E-state index < -0.39 is 0 Å². The minimum Gasteiger partial charge on any atom is -0.316 e. The van der Waals surface area contributed by atoms with E-state index in [-0.39, 0.29) is 0 Å². The molecule has 1 atom stereocenters. The van der Waals surface area contributed by atoms with Crippen molar-refractivity contribution >= 4 is 0 Å². The van der Waals surface area contributed by atoms with Crippen LogP contribution < -0.4 is 5.32 Å². The van der Waals surface area contributed by atoms with Crippen molar-refractivity contribution in [1.29, 1.82) is 0 Å². The molecule has 0 radical (unpaired) electrons. The van der Waals surface area contributed by atoms with Gasteiger partial charge in [-0.1, -0.05) is 73.5 Å². The average molecular weight is 279 g/mol. The Morgan fingerprint density at radius 2 is 1.48 bits per heavy atom. The summed E-state index contributed by atoms with van der Waals surface area (Å²) in [6.45, 7) is 0. The molecular weight excluding hydrogens is 254 g/mol. The molecule has 0 amide bonds. The van der Waals surface area contributed by atoms with Crippen molar-refractivity contribution in [3.63, 3.8) is 0 Å². The molecule has 0 bridgehead atoms. The van der Waals surface area contributed by atoms with Crippen LogP contribution in [-0.2, 0) is 11.8 Å². The van der Waals surface area contributed by atoms with Crippen molar-refractivity contribution in [3.05, 3.63) is 71.8 Å². The highest BCUT2D eigenvalue weighted by molar-refractivity contribution is 5.31. The molecule has 1 unspecified atom stereocenters. The van der Waals surface area contributed by atoms with Gasteiger partial charge in [-0.05, 0) is 37.4 Å². The molecule has 110 valence electrons. The number of rotatable bonds is 5. The van der Waals surface area contributed by atoms with Crippen molar-refractivity contribution in [1.82, 2.24) is 5.32 Å². The second-order valence-electron chi connectivity index (χ2n) is 6.26. The highest BCUT2D eigenvalue weighted by Crippen LogP contribution is 2.44. The summed E-state index contributed by atoms with van der Waals surface area (Å²) in [6.07, 6.45) is 6.40. The van der Waals surface area contributed by atoms with Crippen LogP contribution in [0.25, 0.3) is 0 Å². The van der Waals surface area contributed by atoms with E-state index in [0.29, 0.717) is 11.5 Å². The van der Waals surface area contributed by atoms with Crippen molar-refractivity contribution in [2.45, 2.75) is 43.6 Å². The standard InChI is InChI=1S/C20H25N/c1-21-19(16-17-10-4-2-5-11-17)20(14-8-9-15-20)18-12-6-3-7-13-18/h2-7,10-13,19,21H,8-9,14-16H2,1H3. The molecule has 2 aromatic carbocycles. The maximum Gasteiger partial charge on any atom is 0.0201 e. The fourth-order valence-corrected chi connectivity index (χ4v) is 4.04. The number of likely N-dealkylation sites (N-methyl/N-ethyl adjacent to an activating group) is 1. The Morgan fingerprint density at radius 3 is 2.05 bits per heavy atom. The molecule has 1 aliphatic rings. The van der Waals surface area contributed by atoms with Gasteiger partial charge in [-0.2, -0.15) is 0 Å². The number of nitrogens with one attached hydrogen (secondary N) is 1. The Bertz CT molecular complexity index is 541. The molecule has 3 rings (SSSR count). The van der Waals surface area contributed by atoms with Crippen LogP contribution in [0.15, 0.2) is 60.7 Å². The van der Waals surface area contributed by atoms with E-state index >= 15 is 0 Å². The molecule has 1 aliphatic carbocycles. The first-order valence-electron chi connectivity index (χ1n) is 8.12. The highest BCUT2D eigenvalue weighted by atomic mass is 14.9. The summed E-state index contributed by atoms with van der Waals surface area (Å²) in [6, 6.07) is 22.5. The predicted octanol–water partition coefficient (Wildman–Crippen LogP) is 4.33. The van der Waals surface area contributed by atoms with Gasteiger partial charge in [0.1, 0.15) is 0 Å². The minimum atomic E-state index is 0.297. The molecule has 0 saturated heterocycles. The Morgan fingerprint density at radius 1 is 0.905 bits per heavy atom. The molecule has 1 nitrogen and oxygen atoms in total. The molecule has 0 aliphatic heterocycles. The largest absolute Gasteiger partial charge is 0.316 e. The quantitative estimate of drug-likeness (QED) is 0.859. The summed E-state index contributed by atoms with van der Waals surface area (Å²) < 4.78 is 0. The first-order valence-corrected chi connectivity index (χ1v) is 8.12. The van der Waals surface area contributed by atoms with Crippen molar-refractivity contribution in [2.75, 3.05) is 7.05 Å². The second kappa shape index (κ2) is 6.44. The monoisotopic (exact) mass is 279 g/mol. The zero-order chi connectivity index (χ0) is 14.5. The first-order chi connectivity index (χ1) is 10.3. The summed E-state index contributed by atoms with van der Waals surface area (Å²) in [5.41, 5.74) is 3.24. The fourth-order valence-electron chi connectivity index (χ4n) is 4.04. The van der Waals surface area contributed by atoms with Crippen molar-refractivity contribution < 1.29 is 0 Å². The zero-order valence-corrected chi connectivity index (χ0v) is 12.9. The van der Waals surface area contributed by atoms with Crippen LogP contribution in [0.4, 0.5) is 0 Å². The Labute approximate surface area is 128 Å². The van der Waals surface area contributed by atoms with E-state index in [2.05, 4.69) is 73.0 Å². The topological polar surface area (TPSA) is 12.0 Å². The molecule has 1 saturated carbocycles. The third-order valence-corrected chi connectivity index (χ3v) is 5.14. The lowest BCUT2D eigenvalue weighted by Gasteiger charge is -2.38. The van der Waals surface area contributed by atoms with Crippen LogP contribution in [0.2, 0.25) is 0 Å². The van der Waals surface area contributed by atoms with E-state index in [1.54, 1.807) is 0 Å². The predicted molar refractivity (Wildman–Crippen MR) is 89.6 cm³/mol. The molecule has 1 heteroatoms. The SMILES string of the molecule is CNC(Cc1ccccc1)C1(c2ccccc2)CCCC1. The number of hydrogen-bond donors (Lipinski definition) is 1. The van der Waals surface area contributed by atoms with Gasteiger partial charge in [0.05, 0.1) is 0 Å². The lowest BCUT2D eigenvalue weighted by atomic mass is 9.71. The van der Waals surface area contributed by atoms with Gasteiger partial charge < -0.3 is 5.32 Å². The van der Waals surface area contributed by atoms with Gasteiger partial charge in [0.25, 0.3) is 0 Å². The summed E-state index contributed by atoms with van der Waals surface area (Å²) in [4.78, 5) is 0. The summed E-state index contributed by atoms with van der Waals surface area (Å²) in [5, 5.41) is 3.63. The normalized spacial score (nSPS) is 18.5. The van der Waals surface area contributed by atoms with E-state index in [1.165, 1.54) is 36.8 Å². The smallest absolute Gasteiger partial charge is 0.0201 e. The van der Waals surface area contributed by atoms with Crippen LogP contribution in [0.1, 0.15) is 36.8 Å².